The van der Waals surface area contributed by atoms with E-state index in [2.05, 4.69) is 22.4 Å². The van der Waals surface area contributed by atoms with Crippen LogP contribution in [0.4, 0.5) is 5.69 Å². The smallest absolute Gasteiger partial charge is 0.286 e. The standard InChI is InChI=1S/C11H10ClN3OS/c1-2-7-4-3-5-8(6-7)13-9(16)10-14-15-11(12)17-10/h3-6H,2H2,1H3,(H,13,16). The molecule has 0 bridgehead atoms. The van der Waals surface area contributed by atoms with Crippen molar-refractivity contribution >= 4 is 34.5 Å². The average Bonchev–Trinajstić information content (AvgIpc) is 2.76. The molecular weight excluding hydrogens is 258 g/mol. The molecule has 0 aliphatic heterocycles. The lowest BCUT2D eigenvalue weighted by Gasteiger charge is -2.04. The van der Waals surface area contributed by atoms with Crippen molar-refractivity contribution in [3.05, 3.63) is 39.3 Å². The normalized spacial score (nSPS) is 10.2. The fraction of sp³-hybridized carbons (Fsp3) is 0.182. The maximum absolute atomic E-state index is 11.8. The summed E-state index contributed by atoms with van der Waals surface area (Å²) in [5.74, 6) is -0.289. The monoisotopic (exact) mass is 267 g/mol. The minimum atomic E-state index is -0.289. The van der Waals surface area contributed by atoms with Crippen LogP contribution in [-0.2, 0) is 6.42 Å². The van der Waals surface area contributed by atoms with Crippen LogP contribution in [0.25, 0.3) is 0 Å². The first-order valence-corrected chi connectivity index (χ1v) is 6.28. The number of benzene rings is 1. The van der Waals surface area contributed by atoms with Crippen molar-refractivity contribution in [1.29, 1.82) is 0 Å². The molecule has 6 heteroatoms. The minimum Gasteiger partial charge on any atom is -0.320 e. The number of hydrogen-bond donors (Lipinski definition) is 1. The number of nitrogens with one attached hydrogen (secondary N) is 1. The number of aromatic nitrogens is 2. The molecule has 1 N–H and O–H groups in total. The molecule has 0 radical (unpaired) electrons. The van der Waals surface area contributed by atoms with Gasteiger partial charge in [0.2, 0.25) is 9.47 Å². The van der Waals surface area contributed by atoms with Crippen molar-refractivity contribution in [2.24, 2.45) is 0 Å². The SMILES string of the molecule is CCc1cccc(NC(=O)c2nnc(Cl)s2)c1. The van der Waals surface area contributed by atoms with Crippen molar-refractivity contribution in [2.45, 2.75) is 13.3 Å². The van der Waals surface area contributed by atoms with Crippen molar-refractivity contribution in [2.75, 3.05) is 5.32 Å². The molecule has 88 valence electrons. The van der Waals surface area contributed by atoms with Crippen LogP contribution in [0.5, 0.6) is 0 Å². The first kappa shape index (κ1) is 12.0. The van der Waals surface area contributed by atoms with Gasteiger partial charge in [0.15, 0.2) is 0 Å². The van der Waals surface area contributed by atoms with E-state index >= 15 is 0 Å². The molecule has 2 rings (SSSR count). The van der Waals surface area contributed by atoms with Gasteiger partial charge in [0.1, 0.15) is 0 Å². The summed E-state index contributed by atoms with van der Waals surface area (Å²) >= 11 is 6.68. The van der Waals surface area contributed by atoms with Crippen molar-refractivity contribution in [3.63, 3.8) is 0 Å². The summed E-state index contributed by atoms with van der Waals surface area (Å²) in [6, 6.07) is 7.68. The summed E-state index contributed by atoms with van der Waals surface area (Å²) in [5, 5.41) is 10.3. The second-order valence-corrected chi connectivity index (χ2v) is 4.93. The van der Waals surface area contributed by atoms with E-state index in [-0.39, 0.29) is 15.4 Å². The highest BCUT2D eigenvalue weighted by atomic mass is 35.5. The van der Waals surface area contributed by atoms with E-state index in [9.17, 15) is 4.79 Å². The van der Waals surface area contributed by atoms with E-state index in [1.54, 1.807) is 0 Å². The van der Waals surface area contributed by atoms with Crippen LogP contribution >= 0.6 is 22.9 Å². The predicted octanol–water partition coefficient (Wildman–Crippen LogP) is 3.01. The summed E-state index contributed by atoms with van der Waals surface area (Å²) in [6.45, 7) is 2.06. The van der Waals surface area contributed by atoms with Crippen LogP contribution in [0.15, 0.2) is 24.3 Å². The molecule has 0 aliphatic carbocycles. The predicted molar refractivity (Wildman–Crippen MR) is 68.7 cm³/mol. The molecule has 0 atom stereocenters. The molecule has 0 saturated carbocycles. The minimum absolute atomic E-state index is 0.261. The molecule has 1 amide bonds. The van der Waals surface area contributed by atoms with Gasteiger partial charge in [-0.05, 0) is 35.7 Å². The Hall–Kier alpha value is -1.46. The zero-order valence-corrected chi connectivity index (χ0v) is 10.7. The van der Waals surface area contributed by atoms with Crippen LogP contribution < -0.4 is 5.32 Å². The summed E-state index contributed by atoms with van der Waals surface area (Å²) in [6.07, 6.45) is 0.925. The number of rotatable bonds is 3. The number of hydrogen-bond acceptors (Lipinski definition) is 4. The van der Waals surface area contributed by atoms with Gasteiger partial charge >= 0.3 is 0 Å². The van der Waals surface area contributed by atoms with Crippen LogP contribution in [0.3, 0.4) is 0 Å². The number of carbonyl (C=O) groups is 1. The third-order valence-electron chi connectivity index (χ3n) is 2.19. The molecule has 17 heavy (non-hydrogen) atoms. The molecule has 0 unspecified atom stereocenters. The summed E-state index contributed by atoms with van der Waals surface area (Å²) < 4.78 is 0.262. The van der Waals surface area contributed by atoms with Crippen molar-refractivity contribution in [1.82, 2.24) is 10.2 Å². The highest BCUT2D eigenvalue weighted by Gasteiger charge is 2.11. The number of nitrogens with zero attached hydrogens (tertiary/aromatic N) is 2. The maximum Gasteiger partial charge on any atom is 0.286 e. The Bertz CT molecular complexity index is 541. The molecule has 2 aromatic rings. The lowest BCUT2D eigenvalue weighted by Crippen LogP contribution is -2.11. The van der Waals surface area contributed by atoms with Crippen LogP contribution in [0.1, 0.15) is 22.3 Å². The Morgan fingerprint density at radius 2 is 2.29 bits per heavy atom. The first-order valence-electron chi connectivity index (χ1n) is 5.08. The number of aryl methyl sites for hydroxylation is 1. The lowest BCUT2D eigenvalue weighted by atomic mass is 10.1. The zero-order chi connectivity index (χ0) is 12.3. The zero-order valence-electron chi connectivity index (χ0n) is 9.11. The van der Waals surface area contributed by atoms with Crippen LogP contribution in [0, 0.1) is 0 Å². The van der Waals surface area contributed by atoms with Gasteiger partial charge in [-0.15, -0.1) is 10.2 Å². The third-order valence-corrected chi connectivity index (χ3v) is 3.21. The lowest BCUT2D eigenvalue weighted by molar-refractivity contribution is 0.102. The molecule has 1 heterocycles. The molecule has 0 saturated heterocycles. The van der Waals surface area contributed by atoms with Gasteiger partial charge in [-0.2, -0.15) is 0 Å². The van der Waals surface area contributed by atoms with E-state index in [1.807, 2.05) is 24.3 Å². The van der Waals surface area contributed by atoms with Gasteiger partial charge in [-0.1, -0.05) is 30.4 Å². The Balaban J connectivity index is 2.12. The van der Waals surface area contributed by atoms with Gasteiger partial charge < -0.3 is 5.32 Å². The summed E-state index contributed by atoms with van der Waals surface area (Å²) in [4.78, 5) is 11.8. The highest BCUT2D eigenvalue weighted by Crippen LogP contribution is 2.17. The largest absolute Gasteiger partial charge is 0.320 e. The highest BCUT2D eigenvalue weighted by molar-refractivity contribution is 7.17. The second-order valence-electron chi connectivity index (χ2n) is 3.37. The Morgan fingerprint density at radius 3 is 2.94 bits per heavy atom. The van der Waals surface area contributed by atoms with E-state index in [4.69, 9.17) is 11.6 Å². The summed E-state index contributed by atoms with van der Waals surface area (Å²) in [5.41, 5.74) is 1.92. The molecule has 0 aliphatic rings. The number of carbonyl (C=O) groups excluding carboxylic acids is 1. The quantitative estimate of drug-likeness (QED) is 0.930. The van der Waals surface area contributed by atoms with Gasteiger partial charge in [0.05, 0.1) is 0 Å². The van der Waals surface area contributed by atoms with E-state index in [1.165, 1.54) is 0 Å². The van der Waals surface area contributed by atoms with E-state index in [0.29, 0.717) is 0 Å². The average molecular weight is 268 g/mol. The molecule has 4 nitrogen and oxygen atoms in total. The number of halogens is 1. The first-order chi connectivity index (χ1) is 8.19. The number of anilines is 1. The molecular formula is C11H10ClN3OS. The molecule has 1 aromatic carbocycles. The Kier molecular flexibility index (Phi) is 3.71. The topological polar surface area (TPSA) is 54.9 Å². The van der Waals surface area contributed by atoms with Crippen molar-refractivity contribution < 1.29 is 4.79 Å². The van der Waals surface area contributed by atoms with E-state index in [0.717, 1.165) is 29.0 Å². The number of amides is 1. The van der Waals surface area contributed by atoms with Gasteiger partial charge in [0, 0.05) is 5.69 Å². The van der Waals surface area contributed by atoms with Gasteiger partial charge in [-0.25, -0.2) is 0 Å². The molecule has 0 fully saturated rings. The fourth-order valence-corrected chi connectivity index (χ4v) is 2.07. The molecule has 1 aromatic heterocycles. The van der Waals surface area contributed by atoms with Crippen molar-refractivity contribution in [3.8, 4) is 0 Å². The third kappa shape index (κ3) is 3.01. The van der Waals surface area contributed by atoms with Gasteiger partial charge in [-0.3, -0.25) is 4.79 Å². The van der Waals surface area contributed by atoms with Gasteiger partial charge in [0.25, 0.3) is 5.91 Å². The maximum atomic E-state index is 11.8. The van der Waals surface area contributed by atoms with E-state index < -0.39 is 0 Å². The summed E-state index contributed by atoms with van der Waals surface area (Å²) in [7, 11) is 0. The van der Waals surface area contributed by atoms with Crippen LogP contribution in [0.2, 0.25) is 4.47 Å². The molecule has 0 spiro atoms. The second kappa shape index (κ2) is 5.25. The Labute approximate surface area is 108 Å². The Morgan fingerprint density at radius 1 is 1.47 bits per heavy atom. The van der Waals surface area contributed by atoms with Crippen LogP contribution in [-0.4, -0.2) is 16.1 Å². The fourth-order valence-electron chi connectivity index (χ4n) is 1.35.